The first-order chi connectivity index (χ1) is 9.15. The molecule has 2 rings (SSSR count). The van der Waals surface area contributed by atoms with Gasteiger partial charge in [-0.2, -0.15) is 0 Å². The molecule has 0 aliphatic heterocycles. The van der Waals surface area contributed by atoms with Crippen molar-refractivity contribution in [3.05, 3.63) is 59.8 Å². The Morgan fingerprint density at radius 1 is 1.21 bits per heavy atom. The third-order valence-corrected chi connectivity index (χ3v) is 2.75. The molecule has 1 aromatic heterocycles. The van der Waals surface area contributed by atoms with Crippen molar-refractivity contribution < 1.29 is 9.90 Å². The van der Waals surface area contributed by atoms with Gasteiger partial charge in [0.15, 0.2) is 5.69 Å². The van der Waals surface area contributed by atoms with Gasteiger partial charge < -0.3 is 10.4 Å². The fraction of sp³-hybridized carbons (Fsp3) is 0.200. The van der Waals surface area contributed by atoms with E-state index < -0.39 is 5.97 Å². The zero-order valence-corrected chi connectivity index (χ0v) is 10.7. The highest BCUT2D eigenvalue weighted by Gasteiger charge is 2.07. The number of carboxylic acids is 1. The Hall–Kier alpha value is -2.36. The summed E-state index contributed by atoms with van der Waals surface area (Å²) < 4.78 is 0. The zero-order chi connectivity index (χ0) is 13.7. The standard InChI is InChI=1S/C15H16N2O2/c1-11(10-12-6-3-2-4-7-12)16-14-9-5-8-13(17-14)15(18)19/h2-9,11H,10H2,1H3,(H,16,17)(H,18,19). The summed E-state index contributed by atoms with van der Waals surface area (Å²) in [7, 11) is 0. The molecule has 2 N–H and O–H groups in total. The lowest BCUT2D eigenvalue weighted by Gasteiger charge is -2.14. The fourth-order valence-electron chi connectivity index (χ4n) is 1.91. The average Bonchev–Trinajstić information content (AvgIpc) is 2.40. The maximum absolute atomic E-state index is 10.8. The molecule has 1 aromatic carbocycles. The van der Waals surface area contributed by atoms with E-state index in [4.69, 9.17) is 5.11 Å². The van der Waals surface area contributed by atoms with Crippen LogP contribution in [0.4, 0.5) is 5.82 Å². The van der Waals surface area contributed by atoms with Gasteiger partial charge in [0.25, 0.3) is 0 Å². The molecule has 0 aliphatic carbocycles. The predicted octanol–water partition coefficient (Wildman–Crippen LogP) is 2.82. The van der Waals surface area contributed by atoms with E-state index in [0.29, 0.717) is 5.82 Å². The highest BCUT2D eigenvalue weighted by atomic mass is 16.4. The summed E-state index contributed by atoms with van der Waals surface area (Å²) in [6.07, 6.45) is 0.861. The van der Waals surface area contributed by atoms with Gasteiger partial charge in [0.1, 0.15) is 5.82 Å². The Labute approximate surface area is 112 Å². The molecule has 2 aromatic rings. The van der Waals surface area contributed by atoms with Crippen LogP contribution in [0.25, 0.3) is 0 Å². The van der Waals surface area contributed by atoms with Gasteiger partial charge in [0, 0.05) is 6.04 Å². The molecule has 0 spiro atoms. The van der Waals surface area contributed by atoms with Crippen molar-refractivity contribution in [2.24, 2.45) is 0 Å². The van der Waals surface area contributed by atoms with E-state index in [1.807, 2.05) is 25.1 Å². The van der Waals surface area contributed by atoms with Gasteiger partial charge in [-0.05, 0) is 31.0 Å². The molecule has 0 saturated heterocycles. The van der Waals surface area contributed by atoms with E-state index in [1.54, 1.807) is 12.1 Å². The molecular weight excluding hydrogens is 240 g/mol. The summed E-state index contributed by atoms with van der Waals surface area (Å²) in [5.74, 6) is -0.428. The summed E-state index contributed by atoms with van der Waals surface area (Å²) >= 11 is 0. The molecule has 0 bridgehead atoms. The van der Waals surface area contributed by atoms with Crippen molar-refractivity contribution in [1.82, 2.24) is 4.98 Å². The van der Waals surface area contributed by atoms with Crippen molar-refractivity contribution in [2.45, 2.75) is 19.4 Å². The molecule has 1 heterocycles. The van der Waals surface area contributed by atoms with Crippen molar-refractivity contribution in [1.29, 1.82) is 0 Å². The highest BCUT2D eigenvalue weighted by molar-refractivity contribution is 5.85. The number of aromatic nitrogens is 1. The van der Waals surface area contributed by atoms with Crippen LogP contribution in [0.3, 0.4) is 0 Å². The third-order valence-electron chi connectivity index (χ3n) is 2.75. The normalized spacial score (nSPS) is 11.8. The Balaban J connectivity index is 2.01. The second-order valence-corrected chi connectivity index (χ2v) is 4.45. The van der Waals surface area contributed by atoms with Crippen LogP contribution >= 0.6 is 0 Å². The van der Waals surface area contributed by atoms with Gasteiger partial charge in [0.05, 0.1) is 0 Å². The Morgan fingerprint density at radius 2 is 1.95 bits per heavy atom. The van der Waals surface area contributed by atoms with Crippen LogP contribution < -0.4 is 5.32 Å². The van der Waals surface area contributed by atoms with Crippen molar-refractivity contribution in [3.8, 4) is 0 Å². The number of aromatic carboxylic acids is 1. The minimum atomic E-state index is -1.01. The summed E-state index contributed by atoms with van der Waals surface area (Å²) in [5, 5.41) is 12.1. The molecule has 19 heavy (non-hydrogen) atoms. The molecule has 0 amide bonds. The lowest BCUT2D eigenvalue weighted by atomic mass is 10.1. The van der Waals surface area contributed by atoms with Crippen LogP contribution in [0.2, 0.25) is 0 Å². The summed E-state index contributed by atoms with van der Waals surface area (Å²) in [6.45, 7) is 2.04. The Morgan fingerprint density at radius 3 is 2.63 bits per heavy atom. The maximum Gasteiger partial charge on any atom is 0.354 e. The van der Waals surface area contributed by atoms with Crippen LogP contribution in [0.5, 0.6) is 0 Å². The number of rotatable bonds is 5. The second-order valence-electron chi connectivity index (χ2n) is 4.45. The summed E-state index contributed by atoms with van der Waals surface area (Å²) in [6, 6.07) is 15.3. The van der Waals surface area contributed by atoms with Crippen LogP contribution in [0.15, 0.2) is 48.5 Å². The lowest BCUT2D eigenvalue weighted by Crippen LogP contribution is -2.19. The Bertz CT molecular complexity index is 555. The van der Waals surface area contributed by atoms with Crippen molar-refractivity contribution >= 4 is 11.8 Å². The first-order valence-corrected chi connectivity index (χ1v) is 6.16. The van der Waals surface area contributed by atoms with Gasteiger partial charge in [-0.1, -0.05) is 36.4 Å². The summed E-state index contributed by atoms with van der Waals surface area (Å²) in [5.41, 5.74) is 1.29. The number of anilines is 1. The zero-order valence-electron chi connectivity index (χ0n) is 10.7. The number of nitrogens with zero attached hydrogens (tertiary/aromatic N) is 1. The molecule has 0 fully saturated rings. The van der Waals surface area contributed by atoms with Gasteiger partial charge in [-0.15, -0.1) is 0 Å². The van der Waals surface area contributed by atoms with E-state index in [2.05, 4.69) is 22.4 Å². The van der Waals surface area contributed by atoms with Crippen LogP contribution in [-0.2, 0) is 6.42 Å². The van der Waals surface area contributed by atoms with E-state index in [0.717, 1.165) is 6.42 Å². The van der Waals surface area contributed by atoms with E-state index in [9.17, 15) is 4.79 Å². The van der Waals surface area contributed by atoms with E-state index >= 15 is 0 Å². The minimum absolute atomic E-state index is 0.0527. The maximum atomic E-state index is 10.8. The predicted molar refractivity (Wildman–Crippen MR) is 74.4 cm³/mol. The molecule has 1 unspecified atom stereocenters. The topological polar surface area (TPSA) is 62.2 Å². The minimum Gasteiger partial charge on any atom is -0.477 e. The van der Waals surface area contributed by atoms with Gasteiger partial charge in [-0.25, -0.2) is 9.78 Å². The first-order valence-electron chi connectivity index (χ1n) is 6.16. The molecular formula is C15H16N2O2. The van der Waals surface area contributed by atoms with E-state index in [-0.39, 0.29) is 11.7 Å². The Kier molecular flexibility index (Phi) is 4.13. The molecule has 0 radical (unpaired) electrons. The second kappa shape index (κ2) is 6.00. The number of hydrogen-bond donors (Lipinski definition) is 2. The average molecular weight is 256 g/mol. The number of carboxylic acid groups (broad SMARTS) is 1. The van der Waals surface area contributed by atoms with E-state index in [1.165, 1.54) is 11.6 Å². The fourth-order valence-corrected chi connectivity index (χ4v) is 1.91. The van der Waals surface area contributed by atoms with Crippen LogP contribution in [-0.4, -0.2) is 22.1 Å². The van der Waals surface area contributed by atoms with Crippen LogP contribution in [0.1, 0.15) is 23.0 Å². The number of nitrogens with one attached hydrogen (secondary N) is 1. The number of pyridine rings is 1. The number of benzene rings is 1. The molecule has 0 saturated carbocycles. The van der Waals surface area contributed by atoms with Crippen molar-refractivity contribution in [2.75, 3.05) is 5.32 Å². The SMILES string of the molecule is CC(Cc1ccccc1)Nc1cccc(C(=O)O)n1. The monoisotopic (exact) mass is 256 g/mol. The summed E-state index contributed by atoms with van der Waals surface area (Å²) in [4.78, 5) is 14.9. The smallest absolute Gasteiger partial charge is 0.354 e. The number of carbonyl (C=O) groups is 1. The quantitative estimate of drug-likeness (QED) is 0.863. The molecule has 0 aliphatic rings. The molecule has 1 atom stereocenters. The molecule has 4 nitrogen and oxygen atoms in total. The third kappa shape index (κ3) is 3.81. The molecule has 98 valence electrons. The van der Waals surface area contributed by atoms with Gasteiger partial charge in [-0.3, -0.25) is 0 Å². The first kappa shape index (κ1) is 13.1. The highest BCUT2D eigenvalue weighted by Crippen LogP contribution is 2.10. The molecule has 4 heteroatoms. The van der Waals surface area contributed by atoms with Crippen molar-refractivity contribution in [3.63, 3.8) is 0 Å². The van der Waals surface area contributed by atoms with Gasteiger partial charge >= 0.3 is 5.97 Å². The van der Waals surface area contributed by atoms with Crippen LogP contribution in [0, 0.1) is 0 Å². The number of hydrogen-bond acceptors (Lipinski definition) is 3. The largest absolute Gasteiger partial charge is 0.477 e. The lowest BCUT2D eigenvalue weighted by molar-refractivity contribution is 0.0690. The van der Waals surface area contributed by atoms with Gasteiger partial charge in [0.2, 0.25) is 0 Å².